The third kappa shape index (κ3) is 4.26. The van der Waals surface area contributed by atoms with Crippen LogP contribution in [0.3, 0.4) is 0 Å². The van der Waals surface area contributed by atoms with Gasteiger partial charge in [0.2, 0.25) is 0 Å². The number of rotatable bonds is 7. The van der Waals surface area contributed by atoms with Crippen molar-refractivity contribution in [2.24, 2.45) is 0 Å². The van der Waals surface area contributed by atoms with Crippen molar-refractivity contribution in [1.82, 2.24) is 15.2 Å². The van der Waals surface area contributed by atoms with Gasteiger partial charge in [-0.15, -0.1) is 11.3 Å². The molecule has 31 heavy (non-hydrogen) atoms. The maximum absolute atomic E-state index is 13.2. The molecule has 160 valence electrons. The first kappa shape index (κ1) is 21.3. The van der Waals surface area contributed by atoms with E-state index in [0.717, 1.165) is 0 Å². The van der Waals surface area contributed by atoms with Crippen LogP contribution < -0.4 is 10.1 Å². The number of aromatic nitrogens is 1. The first-order chi connectivity index (χ1) is 14.9. The largest absolute Gasteiger partial charge is 0.486 e. The second-order valence-corrected chi connectivity index (χ2v) is 8.44. The molecule has 1 saturated heterocycles. The van der Waals surface area contributed by atoms with Crippen molar-refractivity contribution in [2.75, 3.05) is 0 Å². The van der Waals surface area contributed by atoms with Gasteiger partial charge in [0.25, 0.3) is 5.91 Å². The molecule has 2 heterocycles. The van der Waals surface area contributed by atoms with Crippen molar-refractivity contribution in [3.63, 3.8) is 0 Å². The molecule has 1 atom stereocenters. The van der Waals surface area contributed by atoms with Crippen LogP contribution in [0, 0.1) is 5.82 Å². The van der Waals surface area contributed by atoms with Gasteiger partial charge in [0.1, 0.15) is 28.7 Å². The second kappa shape index (κ2) is 8.64. The van der Waals surface area contributed by atoms with Crippen LogP contribution in [0.25, 0.3) is 0 Å². The van der Waals surface area contributed by atoms with Crippen LogP contribution in [0.2, 0.25) is 5.02 Å². The summed E-state index contributed by atoms with van der Waals surface area (Å²) in [5, 5.41) is 5.88. The Morgan fingerprint density at radius 2 is 1.87 bits per heavy atom. The number of urea groups is 1. The van der Waals surface area contributed by atoms with Crippen LogP contribution in [-0.4, -0.2) is 21.8 Å². The Bertz CT molecular complexity index is 1100. The Morgan fingerprint density at radius 3 is 2.55 bits per heavy atom. The lowest BCUT2D eigenvalue weighted by molar-refractivity contribution is -0.132. The third-order valence-electron chi connectivity index (χ3n) is 5.14. The summed E-state index contributed by atoms with van der Waals surface area (Å²) in [4.78, 5) is 31.5. The quantitative estimate of drug-likeness (QED) is 0.511. The number of halogens is 2. The molecule has 1 fully saturated rings. The number of nitrogens with zero attached hydrogens (tertiary/aromatic N) is 2. The number of benzene rings is 2. The number of hydrogen-bond donors (Lipinski definition) is 1. The van der Waals surface area contributed by atoms with E-state index in [-0.39, 0.29) is 24.9 Å². The van der Waals surface area contributed by atoms with Crippen LogP contribution >= 0.6 is 22.9 Å². The molecule has 2 aromatic carbocycles. The molecule has 1 unspecified atom stereocenters. The molecule has 3 amide bonds. The molecule has 0 aliphatic carbocycles. The number of imide groups is 1. The molecule has 1 aromatic heterocycles. The number of nitrogens with one attached hydrogen (secondary N) is 1. The highest BCUT2D eigenvalue weighted by Crippen LogP contribution is 2.34. The van der Waals surface area contributed by atoms with Gasteiger partial charge in [-0.05, 0) is 48.4 Å². The minimum Gasteiger partial charge on any atom is -0.486 e. The van der Waals surface area contributed by atoms with Crippen molar-refractivity contribution in [1.29, 1.82) is 0 Å². The average molecular weight is 460 g/mol. The predicted octanol–water partition coefficient (Wildman–Crippen LogP) is 4.87. The number of carbonyl (C=O) groups is 2. The van der Waals surface area contributed by atoms with Gasteiger partial charge in [0, 0.05) is 10.4 Å². The standard InChI is InChI=1S/C22H19ClFN3O3S/c1-2-22(14-3-5-15(23)6-4-14)20(28)27(21(29)26-22)11-17-13-31-19(25-17)12-30-18-9-7-16(24)8-10-18/h3-10,13H,2,11-12H2,1H3,(H,26,29). The van der Waals surface area contributed by atoms with E-state index < -0.39 is 11.6 Å². The third-order valence-corrected chi connectivity index (χ3v) is 6.26. The summed E-state index contributed by atoms with van der Waals surface area (Å²) >= 11 is 7.33. The average Bonchev–Trinajstić information content (AvgIpc) is 3.32. The van der Waals surface area contributed by atoms with Gasteiger partial charge in [-0.25, -0.2) is 14.2 Å². The fourth-order valence-electron chi connectivity index (χ4n) is 3.47. The minimum atomic E-state index is -1.12. The molecule has 9 heteroatoms. The van der Waals surface area contributed by atoms with Crippen molar-refractivity contribution in [3.05, 3.63) is 81.0 Å². The lowest BCUT2D eigenvalue weighted by Gasteiger charge is -2.25. The van der Waals surface area contributed by atoms with E-state index in [1.807, 2.05) is 6.92 Å². The lowest BCUT2D eigenvalue weighted by atomic mass is 9.87. The van der Waals surface area contributed by atoms with E-state index in [9.17, 15) is 14.0 Å². The van der Waals surface area contributed by atoms with E-state index in [4.69, 9.17) is 16.3 Å². The van der Waals surface area contributed by atoms with Crippen LogP contribution in [0.15, 0.2) is 53.9 Å². The molecule has 1 N–H and O–H groups in total. The molecular weight excluding hydrogens is 441 g/mol. The van der Waals surface area contributed by atoms with Crippen LogP contribution in [0.1, 0.15) is 29.6 Å². The molecule has 4 rings (SSSR count). The first-order valence-corrected chi connectivity index (χ1v) is 10.9. The second-order valence-electron chi connectivity index (χ2n) is 7.06. The summed E-state index contributed by atoms with van der Waals surface area (Å²) in [5.74, 6) is -0.124. The van der Waals surface area contributed by atoms with E-state index >= 15 is 0 Å². The maximum Gasteiger partial charge on any atom is 0.325 e. The van der Waals surface area contributed by atoms with Gasteiger partial charge >= 0.3 is 6.03 Å². The number of thiazole rings is 1. The van der Waals surface area contributed by atoms with Gasteiger partial charge in [-0.3, -0.25) is 9.69 Å². The zero-order chi connectivity index (χ0) is 22.0. The number of ether oxygens (including phenoxy) is 1. The fraction of sp³-hybridized carbons (Fsp3) is 0.227. The number of carbonyl (C=O) groups excluding carboxylic acids is 2. The summed E-state index contributed by atoms with van der Waals surface area (Å²) in [6.07, 6.45) is 0.406. The number of hydrogen-bond acceptors (Lipinski definition) is 5. The minimum absolute atomic E-state index is 0.0626. The molecule has 1 aliphatic heterocycles. The Hall–Kier alpha value is -2.97. The zero-order valence-electron chi connectivity index (χ0n) is 16.6. The van der Waals surface area contributed by atoms with Crippen molar-refractivity contribution < 1.29 is 18.7 Å². The fourth-order valence-corrected chi connectivity index (χ4v) is 4.29. The van der Waals surface area contributed by atoms with Crippen molar-refractivity contribution in [2.45, 2.75) is 32.0 Å². The van der Waals surface area contributed by atoms with Gasteiger partial charge in [-0.2, -0.15) is 0 Å². The van der Waals surface area contributed by atoms with Crippen molar-refractivity contribution in [3.8, 4) is 5.75 Å². The molecule has 0 saturated carbocycles. The van der Waals surface area contributed by atoms with E-state index in [1.54, 1.807) is 29.6 Å². The summed E-state index contributed by atoms with van der Waals surface area (Å²) < 4.78 is 18.6. The molecule has 1 aliphatic rings. The predicted molar refractivity (Wildman–Crippen MR) is 115 cm³/mol. The van der Waals surface area contributed by atoms with Crippen LogP contribution in [-0.2, 0) is 23.5 Å². The van der Waals surface area contributed by atoms with Gasteiger partial charge in [0.05, 0.1) is 12.2 Å². The molecule has 3 aromatic rings. The van der Waals surface area contributed by atoms with E-state index in [1.165, 1.54) is 40.5 Å². The first-order valence-electron chi connectivity index (χ1n) is 9.63. The highest BCUT2D eigenvalue weighted by atomic mass is 35.5. The smallest absolute Gasteiger partial charge is 0.325 e. The Kier molecular flexibility index (Phi) is 5.93. The SMILES string of the molecule is CCC1(c2ccc(Cl)cc2)NC(=O)N(Cc2csc(COc3ccc(F)cc3)n2)C1=O. The Balaban J connectivity index is 1.45. The van der Waals surface area contributed by atoms with Gasteiger partial charge in [0.15, 0.2) is 0 Å². The number of amides is 3. The van der Waals surface area contributed by atoms with Crippen molar-refractivity contribution >= 4 is 34.9 Å². The molecular formula is C22H19ClFN3O3S. The molecule has 6 nitrogen and oxygen atoms in total. The topological polar surface area (TPSA) is 71.5 Å². The summed E-state index contributed by atoms with van der Waals surface area (Å²) in [6, 6.07) is 12.2. The monoisotopic (exact) mass is 459 g/mol. The normalized spacial score (nSPS) is 18.4. The highest BCUT2D eigenvalue weighted by molar-refractivity contribution is 7.09. The van der Waals surface area contributed by atoms with E-state index in [0.29, 0.717) is 33.5 Å². The Labute approximate surface area is 187 Å². The zero-order valence-corrected chi connectivity index (χ0v) is 18.2. The van der Waals surface area contributed by atoms with Gasteiger partial charge < -0.3 is 10.1 Å². The molecule has 0 radical (unpaired) electrons. The molecule has 0 spiro atoms. The lowest BCUT2D eigenvalue weighted by Crippen LogP contribution is -2.43. The summed E-state index contributed by atoms with van der Waals surface area (Å²) in [6.45, 7) is 2.12. The molecule has 0 bridgehead atoms. The maximum atomic E-state index is 13.2. The Morgan fingerprint density at radius 1 is 1.16 bits per heavy atom. The summed E-state index contributed by atoms with van der Waals surface area (Å²) in [5.41, 5.74) is 0.160. The summed E-state index contributed by atoms with van der Waals surface area (Å²) in [7, 11) is 0. The van der Waals surface area contributed by atoms with Crippen LogP contribution in [0.4, 0.5) is 9.18 Å². The van der Waals surface area contributed by atoms with E-state index in [2.05, 4.69) is 10.3 Å². The van der Waals surface area contributed by atoms with Gasteiger partial charge in [-0.1, -0.05) is 30.7 Å². The highest BCUT2D eigenvalue weighted by Gasteiger charge is 2.51. The van der Waals surface area contributed by atoms with Crippen LogP contribution in [0.5, 0.6) is 5.75 Å².